The van der Waals surface area contributed by atoms with Gasteiger partial charge in [-0.05, 0) is 45.0 Å². The summed E-state index contributed by atoms with van der Waals surface area (Å²) in [6.07, 6.45) is 1.64. The van der Waals surface area contributed by atoms with E-state index in [2.05, 4.69) is 37.6 Å². The molecular weight excluding hydrogens is 278 g/mol. The van der Waals surface area contributed by atoms with Crippen molar-refractivity contribution in [3.8, 4) is 0 Å². The van der Waals surface area contributed by atoms with E-state index in [9.17, 15) is 4.79 Å². The van der Waals surface area contributed by atoms with Gasteiger partial charge in [-0.3, -0.25) is 0 Å². The molecule has 0 spiro atoms. The molecule has 1 aromatic carbocycles. The molecule has 2 amide bonds. The fourth-order valence-electron chi connectivity index (χ4n) is 2.34. The lowest BCUT2D eigenvalue weighted by molar-refractivity contribution is 0.195. The Morgan fingerprint density at radius 1 is 1.36 bits per heavy atom. The molecule has 0 heterocycles. The first-order chi connectivity index (χ1) is 10.5. The Labute approximate surface area is 133 Å². The molecular formula is C17H27N3O2. The van der Waals surface area contributed by atoms with Crippen molar-refractivity contribution in [2.75, 3.05) is 36.5 Å². The standard InChI is InChI=1S/C17H27N3O2/c1-5-11-19(12-13-21)17(22)18-15-7-9-16(10-8-15)20(6-2)14(3)4/h5,7-10,14,21H,1,6,11-13H2,2-4H3,(H,18,22). The van der Waals surface area contributed by atoms with E-state index in [0.717, 1.165) is 17.9 Å². The minimum absolute atomic E-state index is 0.0694. The molecule has 0 aliphatic heterocycles. The zero-order valence-electron chi connectivity index (χ0n) is 13.7. The van der Waals surface area contributed by atoms with E-state index in [1.54, 1.807) is 6.08 Å². The smallest absolute Gasteiger partial charge is 0.322 e. The van der Waals surface area contributed by atoms with Crippen molar-refractivity contribution in [3.63, 3.8) is 0 Å². The zero-order chi connectivity index (χ0) is 16.5. The molecule has 0 radical (unpaired) electrons. The van der Waals surface area contributed by atoms with Gasteiger partial charge in [0, 0.05) is 37.1 Å². The summed E-state index contributed by atoms with van der Waals surface area (Å²) in [5.41, 5.74) is 1.87. The largest absolute Gasteiger partial charge is 0.395 e. The van der Waals surface area contributed by atoms with Crippen LogP contribution in [0.3, 0.4) is 0 Å². The Balaban J connectivity index is 2.74. The summed E-state index contributed by atoms with van der Waals surface area (Å²) >= 11 is 0. The Hall–Kier alpha value is -2.01. The van der Waals surface area contributed by atoms with Crippen molar-refractivity contribution in [2.45, 2.75) is 26.8 Å². The number of nitrogens with one attached hydrogen (secondary N) is 1. The molecule has 5 heteroatoms. The predicted molar refractivity (Wildman–Crippen MR) is 92.5 cm³/mol. The predicted octanol–water partition coefficient (Wildman–Crippen LogP) is 2.93. The molecule has 1 aromatic rings. The number of anilines is 2. The molecule has 0 saturated heterocycles. The topological polar surface area (TPSA) is 55.8 Å². The van der Waals surface area contributed by atoms with Gasteiger partial charge in [0.2, 0.25) is 0 Å². The number of hydrogen-bond acceptors (Lipinski definition) is 3. The monoisotopic (exact) mass is 305 g/mol. The Bertz CT molecular complexity index is 471. The normalized spacial score (nSPS) is 10.4. The van der Waals surface area contributed by atoms with Crippen LogP contribution in [-0.4, -0.2) is 48.3 Å². The number of rotatable bonds is 8. The van der Waals surface area contributed by atoms with Gasteiger partial charge in [0.05, 0.1) is 6.61 Å². The van der Waals surface area contributed by atoms with E-state index in [1.165, 1.54) is 4.90 Å². The van der Waals surface area contributed by atoms with Gasteiger partial charge in [0.15, 0.2) is 0 Å². The van der Waals surface area contributed by atoms with Gasteiger partial charge in [-0.25, -0.2) is 4.79 Å². The number of nitrogens with zero attached hydrogens (tertiary/aromatic N) is 2. The molecule has 122 valence electrons. The first-order valence-electron chi connectivity index (χ1n) is 7.67. The van der Waals surface area contributed by atoms with E-state index in [1.807, 2.05) is 24.3 Å². The van der Waals surface area contributed by atoms with Crippen LogP contribution in [0.5, 0.6) is 0 Å². The van der Waals surface area contributed by atoms with Gasteiger partial charge in [0.1, 0.15) is 0 Å². The third-order valence-electron chi connectivity index (χ3n) is 3.42. The lowest BCUT2D eigenvalue weighted by atomic mass is 10.2. The molecule has 0 aromatic heterocycles. The van der Waals surface area contributed by atoms with Gasteiger partial charge in [-0.15, -0.1) is 6.58 Å². The van der Waals surface area contributed by atoms with Crippen LogP contribution in [-0.2, 0) is 0 Å². The summed E-state index contributed by atoms with van der Waals surface area (Å²) in [4.78, 5) is 15.9. The highest BCUT2D eigenvalue weighted by atomic mass is 16.3. The van der Waals surface area contributed by atoms with Crippen molar-refractivity contribution in [2.24, 2.45) is 0 Å². The van der Waals surface area contributed by atoms with Crippen LogP contribution in [0.4, 0.5) is 16.2 Å². The minimum Gasteiger partial charge on any atom is -0.395 e. The fourth-order valence-corrected chi connectivity index (χ4v) is 2.34. The molecule has 0 saturated carbocycles. The summed E-state index contributed by atoms with van der Waals surface area (Å²) in [6.45, 7) is 11.6. The molecule has 0 aliphatic carbocycles. The average molecular weight is 305 g/mol. The SMILES string of the molecule is C=CCN(CCO)C(=O)Nc1ccc(N(CC)C(C)C)cc1. The van der Waals surface area contributed by atoms with Crippen molar-refractivity contribution in [1.82, 2.24) is 4.90 Å². The first kappa shape index (κ1) is 18.0. The third kappa shape index (κ3) is 5.07. The van der Waals surface area contributed by atoms with Gasteiger partial charge < -0.3 is 20.2 Å². The highest BCUT2D eigenvalue weighted by Crippen LogP contribution is 2.20. The van der Waals surface area contributed by atoms with Crippen LogP contribution in [0.15, 0.2) is 36.9 Å². The first-order valence-corrected chi connectivity index (χ1v) is 7.67. The molecule has 1 rings (SSSR count). The summed E-state index contributed by atoms with van der Waals surface area (Å²) in [6, 6.07) is 7.98. The number of amides is 2. The summed E-state index contributed by atoms with van der Waals surface area (Å²) in [5.74, 6) is 0. The van der Waals surface area contributed by atoms with E-state index in [4.69, 9.17) is 5.11 Å². The van der Waals surface area contributed by atoms with Crippen LogP contribution in [0.25, 0.3) is 0 Å². The number of aliphatic hydroxyl groups excluding tert-OH is 1. The number of carbonyl (C=O) groups excluding carboxylic acids is 1. The number of urea groups is 1. The lowest BCUT2D eigenvalue weighted by Gasteiger charge is -2.27. The number of carbonyl (C=O) groups is 1. The van der Waals surface area contributed by atoms with Crippen molar-refractivity contribution < 1.29 is 9.90 Å². The highest BCUT2D eigenvalue weighted by molar-refractivity contribution is 5.89. The van der Waals surface area contributed by atoms with Crippen LogP contribution in [0.1, 0.15) is 20.8 Å². The Morgan fingerprint density at radius 3 is 2.45 bits per heavy atom. The Kier molecular flexibility index (Phi) is 7.46. The van der Waals surface area contributed by atoms with E-state index in [0.29, 0.717) is 12.6 Å². The number of aliphatic hydroxyl groups is 1. The fraction of sp³-hybridized carbons (Fsp3) is 0.471. The molecule has 0 unspecified atom stereocenters. The number of benzene rings is 1. The van der Waals surface area contributed by atoms with E-state index in [-0.39, 0.29) is 19.2 Å². The Morgan fingerprint density at radius 2 is 2.00 bits per heavy atom. The van der Waals surface area contributed by atoms with Crippen LogP contribution >= 0.6 is 0 Å². The van der Waals surface area contributed by atoms with Gasteiger partial charge in [-0.2, -0.15) is 0 Å². The summed E-state index contributed by atoms with van der Waals surface area (Å²) in [7, 11) is 0. The van der Waals surface area contributed by atoms with Crippen molar-refractivity contribution >= 4 is 17.4 Å². The lowest BCUT2D eigenvalue weighted by Crippen LogP contribution is -2.37. The van der Waals surface area contributed by atoms with Gasteiger partial charge >= 0.3 is 6.03 Å². The van der Waals surface area contributed by atoms with Crippen LogP contribution in [0, 0.1) is 0 Å². The molecule has 5 nitrogen and oxygen atoms in total. The molecule has 22 heavy (non-hydrogen) atoms. The van der Waals surface area contributed by atoms with Crippen LogP contribution < -0.4 is 10.2 Å². The molecule has 2 N–H and O–H groups in total. The second kappa shape index (κ2) is 9.10. The van der Waals surface area contributed by atoms with E-state index < -0.39 is 0 Å². The quantitative estimate of drug-likeness (QED) is 0.726. The minimum atomic E-state index is -0.238. The molecule has 0 atom stereocenters. The highest BCUT2D eigenvalue weighted by Gasteiger charge is 2.12. The molecule has 0 aliphatic rings. The zero-order valence-corrected chi connectivity index (χ0v) is 13.7. The second-order valence-corrected chi connectivity index (χ2v) is 5.32. The average Bonchev–Trinajstić information content (AvgIpc) is 2.49. The third-order valence-corrected chi connectivity index (χ3v) is 3.42. The maximum atomic E-state index is 12.1. The molecule has 0 bridgehead atoms. The van der Waals surface area contributed by atoms with Gasteiger partial charge in [-0.1, -0.05) is 6.08 Å². The van der Waals surface area contributed by atoms with Crippen LogP contribution in [0.2, 0.25) is 0 Å². The molecule has 0 fully saturated rings. The second-order valence-electron chi connectivity index (χ2n) is 5.32. The van der Waals surface area contributed by atoms with Crippen molar-refractivity contribution in [1.29, 1.82) is 0 Å². The van der Waals surface area contributed by atoms with Gasteiger partial charge in [0.25, 0.3) is 0 Å². The maximum Gasteiger partial charge on any atom is 0.322 e. The maximum absolute atomic E-state index is 12.1. The number of hydrogen-bond donors (Lipinski definition) is 2. The summed E-state index contributed by atoms with van der Waals surface area (Å²) in [5, 5.41) is 11.8. The van der Waals surface area contributed by atoms with E-state index >= 15 is 0 Å². The summed E-state index contributed by atoms with van der Waals surface area (Å²) < 4.78 is 0. The van der Waals surface area contributed by atoms with Crippen molar-refractivity contribution in [3.05, 3.63) is 36.9 Å².